The van der Waals surface area contributed by atoms with E-state index < -0.39 is 11.7 Å². The molecule has 2 rings (SSSR count). The van der Waals surface area contributed by atoms with Crippen molar-refractivity contribution in [3.8, 4) is 0 Å². The second-order valence-corrected chi connectivity index (χ2v) is 5.57. The number of ether oxygens (including phenoxy) is 1. The minimum Gasteiger partial charge on any atom is -0.444 e. The van der Waals surface area contributed by atoms with E-state index in [0.717, 1.165) is 11.1 Å². The molecular weight excluding hydrogens is 252 g/mol. The molecule has 0 fully saturated rings. The average molecular weight is 272 g/mol. The third kappa shape index (κ3) is 3.88. The van der Waals surface area contributed by atoms with Crippen molar-refractivity contribution in [2.24, 2.45) is 0 Å². The zero-order valence-corrected chi connectivity index (χ0v) is 12.1. The van der Waals surface area contributed by atoms with Gasteiger partial charge in [0.1, 0.15) is 5.60 Å². The number of hydrogen-bond donors (Lipinski definition) is 2. The first-order valence-corrected chi connectivity index (χ1v) is 6.65. The largest absolute Gasteiger partial charge is 0.444 e. The Morgan fingerprint density at radius 3 is 2.90 bits per heavy atom. The van der Waals surface area contributed by atoms with E-state index in [9.17, 15) is 4.79 Å². The topological polar surface area (TPSA) is 54.1 Å². The Hall–Kier alpha value is -2.23. The van der Waals surface area contributed by atoms with Crippen LogP contribution in [0.1, 0.15) is 26.3 Å². The number of rotatable bonds is 3. The van der Waals surface area contributed by atoms with Crippen molar-refractivity contribution in [2.75, 3.05) is 6.54 Å². The molecule has 106 valence electrons. The smallest absolute Gasteiger partial charge is 0.407 e. The van der Waals surface area contributed by atoms with Crippen molar-refractivity contribution < 1.29 is 9.53 Å². The zero-order chi connectivity index (χ0) is 14.6. The SMILES string of the molecule is CC(C)(C)OC(=O)NCC=Cc1cccc2[nH]ccc12. The summed E-state index contributed by atoms with van der Waals surface area (Å²) in [4.78, 5) is 14.6. The Kier molecular flexibility index (Phi) is 4.13. The van der Waals surface area contributed by atoms with Gasteiger partial charge in [0.2, 0.25) is 0 Å². The summed E-state index contributed by atoms with van der Waals surface area (Å²) in [7, 11) is 0. The highest BCUT2D eigenvalue weighted by Crippen LogP contribution is 2.18. The maximum atomic E-state index is 11.5. The predicted molar refractivity (Wildman–Crippen MR) is 81.6 cm³/mol. The van der Waals surface area contributed by atoms with Gasteiger partial charge in [0, 0.05) is 23.6 Å². The molecule has 0 aliphatic carbocycles. The summed E-state index contributed by atoms with van der Waals surface area (Å²) >= 11 is 0. The number of aromatic nitrogens is 1. The highest BCUT2D eigenvalue weighted by molar-refractivity contribution is 5.88. The van der Waals surface area contributed by atoms with Crippen LogP contribution in [0, 0.1) is 0 Å². The van der Waals surface area contributed by atoms with Gasteiger partial charge in [-0.05, 0) is 38.5 Å². The van der Waals surface area contributed by atoms with Crippen molar-refractivity contribution in [1.82, 2.24) is 10.3 Å². The van der Waals surface area contributed by atoms with Gasteiger partial charge < -0.3 is 15.0 Å². The predicted octanol–water partition coefficient (Wildman–Crippen LogP) is 3.71. The van der Waals surface area contributed by atoms with Gasteiger partial charge in [0.15, 0.2) is 0 Å². The summed E-state index contributed by atoms with van der Waals surface area (Å²) in [6.45, 7) is 5.97. The second-order valence-electron chi connectivity index (χ2n) is 5.57. The summed E-state index contributed by atoms with van der Waals surface area (Å²) in [5, 5.41) is 3.86. The van der Waals surface area contributed by atoms with Crippen LogP contribution >= 0.6 is 0 Å². The van der Waals surface area contributed by atoms with Crippen LogP contribution in [0.4, 0.5) is 4.79 Å². The van der Waals surface area contributed by atoms with Gasteiger partial charge >= 0.3 is 6.09 Å². The first-order valence-electron chi connectivity index (χ1n) is 6.65. The van der Waals surface area contributed by atoms with Crippen LogP contribution in [0.3, 0.4) is 0 Å². The lowest BCUT2D eigenvalue weighted by Gasteiger charge is -2.19. The van der Waals surface area contributed by atoms with Crippen molar-refractivity contribution >= 4 is 23.1 Å². The van der Waals surface area contributed by atoms with Gasteiger partial charge in [-0.1, -0.05) is 24.3 Å². The van der Waals surface area contributed by atoms with Gasteiger partial charge in [-0.3, -0.25) is 0 Å². The third-order valence-corrected chi connectivity index (χ3v) is 2.69. The lowest BCUT2D eigenvalue weighted by Crippen LogP contribution is -2.32. The Morgan fingerprint density at radius 2 is 2.15 bits per heavy atom. The highest BCUT2D eigenvalue weighted by atomic mass is 16.6. The van der Waals surface area contributed by atoms with Crippen LogP contribution in [0.2, 0.25) is 0 Å². The van der Waals surface area contributed by atoms with Gasteiger partial charge in [0.25, 0.3) is 0 Å². The molecule has 0 bridgehead atoms. The number of H-pyrrole nitrogens is 1. The molecule has 0 unspecified atom stereocenters. The molecule has 4 heteroatoms. The van der Waals surface area contributed by atoms with Crippen molar-refractivity contribution in [3.05, 3.63) is 42.1 Å². The molecule has 0 aliphatic rings. The number of alkyl carbamates (subject to hydrolysis) is 1. The number of fused-ring (bicyclic) bond motifs is 1. The van der Waals surface area contributed by atoms with E-state index >= 15 is 0 Å². The van der Waals surface area contributed by atoms with E-state index in [1.165, 1.54) is 5.39 Å². The highest BCUT2D eigenvalue weighted by Gasteiger charge is 2.14. The maximum Gasteiger partial charge on any atom is 0.407 e. The lowest BCUT2D eigenvalue weighted by molar-refractivity contribution is 0.0534. The van der Waals surface area contributed by atoms with E-state index in [0.29, 0.717) is 6.54 Å². The molecule has 0 aliphatic heterocycles. The van der Waals surface area contributed by atoms with Crippen molar-refractivity contribution in [3.63, 3.8) is 0 Å². The van der Waals surface area contributed by atoms with Gasteiger partial charge in [0.05, 0.1) is 0 Å². The summed E-state index contributed by atoms with van der Waals surface area (Å²) in [6.07, 6.45) is 5.42. The van der Waals surface area contributed by atoms with Crippen LogP contribution in [0.5, 0.6) is 0 Å². The van der Waals surface area contributed by atoms with E-state index in [2.05, 4.69) is 10.3 Å². The fourth-order valence-corrected chi connectivity index (χ4v) is 1.90. The Labute approximate surface area is 118 Å². The van der Waals surface area contributed by atoms with Crippen molar-refractivity contribution in [2.45, 2.75) is 26.4 Å². The molecule has 20 heavy (non-hydrogen) atoms. The molecule has 0 saturated carbocycles. The Bertz CT molecular complexity index is 621. The quantitative estimate of drug-likeness (QED) is 0.895. The molecule has 1 aromatic heterocycles. The summed E-state index contributed by atoms with van der Waals surface area (Å²) in [6, 6.07) is 8.11. The van der Waals surface area contributed by atoms with Crippen LogP contribution in [0.15, 0.2) is 36.5 Å². The first kappa shape index (κ1) is 14.2. The van der Waals surface area contributed by atoms with E-state index in [1.807, 2.05) is 63.4 Å². The average Bonchev–Trinajstić information content (AvgIpc) is 2.81. The fourth-order valence-electron chi connectivity index (χ4n) is 1.90. The molecule has 0 saturated heterocycles. The molecule has 4 nitrogen and oxygen atoms in total. The molecule has 1 aromatic carbocycles. The number of benzene rings is 1. The van der Waals surface area contributed by atoms with Crippen LogP contribution in [0.25, 0.3) is 17.0 Å². The van der Waals surface area contributed by atoms with Crippen LogP contribution < -0.4 is 5.32 Å². The van der Waals surface area contributed by atoms with Gasteiger partial charge in [-0.2, -0.15) is 0 Å². The Balaban J connectivity index is 1.91. The number of hydrogen-bond acceptors (Lipinski definition) is 2. The summed E-state index contributed by atoms with van der Waals surface area (Å²) in [5.41, 5.74) is 1.76. The maximum absolute atomic E-state index is 11.5. The number of nitrogens with one attached hydrogen (secondary N) is 2. The minimum atomic E-state index is -0.468. The van der Waals surface area contributed by atoms with Crippen LogP contribution in [-0.4, -0.2) is 23.2 Å². The summed E-state index contributed by atoms with van der Waals surface area (Å²) in [5.74, 6) is 0. The molecule has 1 amide bonds. The lowest BCUT2D eigenvalue weighted by atomic mass is 10.1. The normalized spacial score (nSPS) is 11.9. The van der Waals surface area contributed by atoms with Gasteiger partial charge in [-0.15, -0.1) is 0 Å². The van der Waals surface area contributed by atoms with Crippen molar-refractivity contribution in [1.29, 1.82) is 0 Å². The molecule has 2 aromatic rings. The minimum absolute atomic E-state index is 0.401. The van der Waals surface area contributed by atoms with E-state index in [-0.39, 0.29) is 0 Å². The standard InChI is InChI=1S/C16H20N2O2/c1-16(2,3)20-15(19)18-10-5-7-12-6-4-8-14-13(12)9-11-17-14/h4-9,11,17H,10H2,1-3H3,(H,18,19). The number of carbonyl (C=O) groups excluding carboxylic acids is 1. The molecule has 2 N–H and O–H groups in total. The zero-order valence-electron chi connectivity index (χ0n) is 12.1. The molecule has 1 heterocycles. The Morgan fingerprint density at radius 1 is 1.35 bits per heavy atom. The number of carbonyl (C=O) groups is 1. The molecule has 0 atom stereocenters. The molecule has 0 spiro atoms. The second kappa shape index (κ2) is 5.82. The van der Waals surface area contributed by atoms with Gasteiger partial charge in [-0.25, -0.2) is 4.79 Å². The third-order valence-electron chi connectivity index (χ3n) is 2.69. The van der Waals surface area contributed by atoms with E-state index in [4.69, 9.17) is 4.74 Å². The fraction of sp³-hybridized carbons (Fsp3) is 0.312. The van der Waals surface area contributed by atoms with Crippen LogP contribution in [-0.2, 0) is 4.74 Å². The number of aromatic amines is 1. The molecular formula is C16H20N2O2. The number of amides is 1. The van der Waals surface area contributed by atoms with E-state index in [1.54, 1.807) is 0 Å². The monoisotopic (exact) mass is 272 g/mol. The molecule has 0 radical (unpaired) electrons. The first-order chi connectivity index (χ1) is 9.46. The summed E-state index contributed by atoms with van der Waals surface area (Å²) < 4.78 is 5.16.